The van der Waals surface area contributed by atoms with E-state index in [0.29, 0.717) is 37.6 Å². The van der Waals surface area contributed by atoms with Crippen molar-refractivity contribution in [1.82, 2.24) is 4.98 Å². The number of ether oxygens (including phenoxy) is 1. The molecule has 0 atom stereocenters. The van der Waals surface area contributed by atoms with Crippen LogP contribution in [0.2, 0.25) is 10.0 Å². The molecule has 0 aliphatic carbocycles. The van der Waals surface area contributed by atoms with E-state index in [2.05, 4.69) is 4.98 Å². The minimum Gasteiger partial charge on any atom is -0.488 e. The summed E-state index contributed by atoms with van der Waals surface area (Å²) in [6.07, 6.45) is -0.163. The molecule has 8 heteroatoms. The maximum atomic E-state index is 13.9. The fraction of sp³-hybridized carbons (Fsp3) is 0.111. The lowest BCUT2D eigenvalue weighted by molar-refractivity contribution is -0.136. The molecule has 0 amide bonds. The van der Waals surface area contributed by atoms with E-state index in [1.807, 2.05) is 0 Å². The Morgan fingerprint density at radius 2 is 1.92 bits per heavy atom. The predicted octanol–water partition coefficient (Wildman–Crippen LogP) is 5.46. The van der Waals surface area contributed by atoms with Gasteiger partial charge < -0.3 is 9.84 Å². The molecule has 0 bridgehead atoms. The van der Waals surface area contributed by atoms with Crippen molar-refractivity contribution in [3.05, 3.63) is 68.9 Å². The number of carboxylic acids is 1. The predicted molar refractivity (Wildman–Crippen MR) is 99.6 cm³/mol. The van der Waals surface area contributed by atoms with Gasteiger partial charge in [-0.25, -0.2) is 9.37 Å². The zero-order chi connectivity index (χ0) is 18.7. The number of nitrogens with zero attached hydrogens (tertiary/aromatic N) is 1. The van der Waals surface area contributed by atoms with Crippen molar-refractivity contribution in [2.24, 2.45) is 0 Å². The summed E-state index contributed by atoms with van der Waals surface area (Å²) in [5, 5.41) is 11.9. The van der Waals surface area contributed by atoms with Crippen LogP contribution in [-0.4, -0.2) is 16.1 Å². The van der Waals surface area contributed by atoms with Gasteiger partial charge in [-0.05, 0) is 30.3 Å². The third kappa shape index (κ3) is 4.52. The zero-order valence-electron chi connectivity index (χ0n) is 13.2. The molecule has 0 saturated heterocycles. The Labute approximate surface area is 162 Å². The van der Waals surface area contributed by atoms with Crippen LogP contribution >= 0.6 is 34.5 Å². The summed E-state index contributed by atoms with van der Waals surface area (Å²) in [6, 6.07) is 9.38. The summed E-state index contributed by atoms with van der Waals surface area (Å²) in [4.78, 5) is 15.1. The fourth-order valence-corrected chi connectivity index (χ4v) is 3.43. The molecular formula is C18H12Cl2FNO3S. The molecule has 26 heavy (non-hydrogen) atoms. The summed E-state index contributed by atoms with van der Waals surface area (Å²) in [5.41, 5.74) is 1.43. The maximum absolute atomic E-state index is 13.9. The van der Waals surface area contributed by atoms with Gasteiger partial charge >= 0.3 is 5.97 Å². The van der Waals surface area contributed by atoms with Gasteiger partial charge in [0.1, 0.15) is 23.2 Å². The summed E-state index contributed by atoms with van der Waals surface area (Å²) in [5.74, 6) is -0.936. The molecule has 1 aromatic heterocycles. The molecule has 1 N–H and O–H groups in total. The molecule has 0 saturated carbocycles. The van der Waals surface area contributed by atoms with Gasteiger partial charge in [0.15, 0.2) is 0 Å². The minimum absolute atomic E-state index is 0.00495. The molecule has 3 aromatic rings. The van der Waals surface area contributed by atoms with Crippen molar-refractivity contribution in [3.8, 4) is 16.3 Å². The van der Waals surface area contributed by atoms with Crippen LogP contribution in [0.25, 0.3) is 10.6 Å². The highest BCUT2D eigenvalue weighted by Gasteiger charge is 2.14. The number of thiazole rings is 1. The molecule has 0 radical (unpaired) electrons. The van der Waals surface area contributed by atoms with Gasteiger partial charge in [-0.2, -0.15) is 0 Å². The first-order valence-corrected chi connectivity index (χ1v) is 9.09. The van der Waals surface area contributed by atoms with E-state index in [9.17, 15) is 9.18 Å². The molecule has 0 unspecified atom stereocenters. The summed E-state index contributed by atoms with van der Waals surface area (Å²) in [7, 11) is 0. The number of hydrogen-bond donors (Lipinski definition) is 1. The molecule has 1 heterocycles. The number of carboxylic acid groups (broad SMARTS) is 1. The number of aliphatic carboxylic acids is 1. The highest BCUT2D eigenvalue weighted by Crippen LogP contribution is 2.35. The molecule has 0 fully saturated rings. The lowest BCUT2D eigenvalue weighted by Gasteiger charge is -2.11. The zero-order valence-corrected chi connectivity index (χ0v) is 15.5. The number of aromatic nitrogens is 1. The van der Waals surface area contributed by atoms with Crippen LogP contribution in [-0.2, 0) is 17.8 Å². The van der Waals surface area contributed by atoms with Crippen molar-refractivity contribution in [1.29, 1.82) is 0 Å². The third-order valence-electron chi connectivity index (χ3n) is 3.45. The van der Waals surface area contributed by atoms with E-state index in [4.69, 9.17) is 33.0 Å². The second-order valence-corrected chi connectivity index (χ2v) is 7.11. The van der Waals surface area contributed by atoms with Gasteiger partial charge in [-0.1, -0.05) is 29.3 Å². The Kier molecular flexibility index (Phi) is 5.76. The Balaban J connectivity index is 1.86. The molecular weight excluding hydrogens is 400 g/mol. The molecule has 4 nitrogen and oxygen atoms in total. The molecule has 134 valence electrons. The van der Waals surface area contributed by atoms with Gasteiger partial charge in [0, 0.05) is 21.0 Å². The molecule has 0 aliphatic rings. The van der Waals surface area contributed by atoms with Crippen molar-refractivity contribution in [3.63, 3.8) is 0 Å². The Morgan fingerprint density at radius 1 is 1.19 bits per heavy atom. The lowest BCUT2D eigenvalue weighted by Crippen LogP contribution is -2.01. The Bertz CT molecular complexity index is 961. The second kappa shape index (κ2) is 8.03. The largest absolute Gasteiger partial charge is 0.488 e. The highest BCUT2D eigenvalue weighted by molar-refractivity contribution is 7.13. The smallest absolute Gasteiger partial charge is 0.309 e. The average molecular weight is 412 g/mol. The monoisotopic (exact) mass is 411 g/mol. The van der Waals surface area contributed by atoms with E-state index in [1.165, 1.54) is 17.4 Å². The van der Waals surface area contributed by atoms with Crippen LogP contribution in [0.1, 0.15) is 11.3 Å². The Hall–Kier alpha value is -2.15. The Morgan fingerprint density at radius 3 is 2.65 bits per heavy atom. The number of halogens is 3. The molecule has 3 rings (SSSR count). The minimum atomic E-state index is -0.956. The van der Waals surface area contributed by atoms with E-state index < -0.39 is 11.8 Å². The number of carbonyl (C=O) groups is 1. The molecule has 2 aromatic carbocycles. The van der Waals surface area contributed by atoms with Crippen LogP contribution in [0.3, 0.4) is 0 Å². The molecule has 0 spiro atoms. The van der Waals surface area contributed by atoms with Crippen LogP contribution < -0.4 is 4.74 Å². The van der Waals surface area contributed by atoms with E-state index in [1.54, 1.807) is 35.7 Å². The van der Waals surface area contributed by atoms with Crippen LogP contribution in [0, 0.1) is 5.82 Å². The topological polar surface area (TPSA) is 59.4 Å². The van der Waals surface area contributed by atoms with Crippen molar-refractivity contribution < 1.29 is 19.0 Å². The van der Waals surface area contributed by atoms with Gasteiger partial charge in [-0.15, -0.1) is 11.3 Å². The van der Waals surface area contributed by atoms with E-state index in [-0.39, 0.29) is 13.0 Å². The first-order chi connectivity index (χ1) is 12.4. The normalized spacial score (nSPS) is 10.7. The van der Waals surface area contributed by atoms with Crippen molar-refractivity contribution in [2.75, 3.05) is 0 Å². The van der Waals surface area contributed by atoms with Gasteiger partial charge in [0.05, 0.1) is 17.7 Å². The molecule has 0 aliphatic heterocycles. The standard InChI is InChI=1S/C18H12Cl2FNO3S/c19-11-3-4-16(25-8-10-1-2-12(20)6-15(10)21)14(5-11)18-22-13(9-26-18)7-17(23)24/h1-6,9H,7-8H2,(H,23,24). The summed E-state index contributed by atoms with van der Waals surface area (Å²) < 4.78 is 19.7. The SMILES string of the molecule is O=C(O)Cc1csc(-c2cc(Cl)ccc2OCc2ccc(Cl)cc2F)n1. The third-order valence-corrected chi connectivity index (χ3v) is 4.85. The number of rotatable bonds is 6. The first kappa shape index (κ1) is 18.6. The average Bonchev–Trinajstić information content (AvgIpc) is 3.02. The second-order valence-electron chi connectivity index (χ2n) is 5.38. The van der Waals surface area contributed by atoms with E-state index >= 15 is 0 Å². The van der Waals surface area contributed by atoms with Crippen molar-refractivity contribution in [2.45, 2.75) is 13.0 Å². The summed E-state index contributed by atoms with van der Waals surface area (Å²) in [6.45, 7) is 0.00495. The fourth-order valence-electron chi connectivity index (χ4n) is 2.26. The van der Waals surface area contributed by atoms with Crippen LogP contribution in [0.15, 0.2) is 41.8 Å². The number of hydrogen-bond acceptors (Lipinski definition) is 4. The first-order valence-electron chi connectivity index (χ1n) is 7.45. The van der Waals surface area contributed by atoms with Gasteiger partial charge in [0.2, 0.25) is 0 Å². The van der Waals surface area contributed by atoms with E-state index in [0.717, 1.165) is 0 Å². The summed E-state index contributed by atoms with van der Waals surface area (Å²) >= 11 is 13.1. The number of benzene rings is 2. The van der Waals surface area contributed by atoms with Crippen LogP contribution in [0.5, 0.6) is 5.75 Å². The van der Waals surface area contributed by atoms with Crippen molar-refractivity contribution >= 4 is 40.5 Å². The quantitative estimate of drug-likeness (QED) is 0.584. The van der Waals surface area contributed by atoms with Crippen LogP contribution in [0.4, 0.5) is 4.39 Å². The van der Waals surface area contributed by atoms with Gasteiger partial charge in [-0.3, -0.25) is 4.79 Å². The lowest BCUT2D eigenvalue weighted by atomic mass is 10.2. The maximum Gasteiger partial charge on any atom is 0.309 e. The highest BCUT2D eigenvalue weighted by atomic mass is 35.5. The van der Waals surface area contributed by atoms with Gasteiger partial charge in [0.25, 0.3) is 0 Å².